The second-order valence-corrected chi connectivity index (χ2v) is 6.88. The van der Waals surface area contributed by atoms with Gasteiger partial charge < -0.3 is 14.4 Å². The molecule has 1 aliphatic rings. The number of para-hydroxylation sites is 1. The average molecular weight is 428 g/mol. The van der Waals surface area contributed by atoms with Crippen LogP contribution in [0.4, 0.5) is 5.69 Å². The number of hydrogen-bond acceptors (Lipinski definition) is 5. The highest BCUT2D eigenvalue weighted by Gasteiger charge is 2.27. The number of ether oxygens (including phenoxy) is 2. The molecule has 7 heteroatoms. The minimum atomic E-state index is -0.0100. The van der Waals surface area contributed by atoms with Crippen molar-refractivity contribution < 1.29 is 14.3 Å². The molecule has 0 spiro atoms. The van der Waals surface area contributed by atoms with E-state index in [0.29, 0.717) is 35.8 Å². The molecular formula is C20H18BrN3O3. The summed E-state index contributed by atoms with van der Waals surface area (Å²) in [7, 11) is 3.20. The van der Waals surface area contributed by atoms with Crippen LogP contribution in [0.5, 0.6) is 11.5 Å². The fourth-order valence-electron chi connectivity index (χ4n) is 2.96. The molecule has 0 unspecified atom stereocenters. The lowest BCUT2D eigenvalue weighted by Crippen LogP contribution is -2.24. The summed E-state index contributed by atoms with van der Waals surface area (Å²) in [5.74, 6) is 1.40. The first-order valence-corrected chi connectivity index (χ1v) is 9.08. The largest absolute Gasteiger partial charge is 0.497 e. The van der Waals surface area contributed by atoms with Gasteiger partial charge in [-0.3, -0.25) is 9.79 Å². The molecule has 1 fully saturated rings. The highest BCUT2D eigenvalue weighted by atomic mass is 79.9. The smallest absolute Gasteiger partial charge is 0.228 e. The zero-order valence-corrected chi connectivity index (χ0v) is 16.6. The molecule has 27 heavy (non-hydrogen) atoms. The normalized spacial score (nSPS) is 15.1. The minimum Gasteiger partial charge on any atom is -0.497 e. The Kier molecular flexibility index (Phi) is 5.77. The number of methoxy groups -OCH3 is 2. The van der Waals surface area contributed by atoms with Crippen molar-refractivity contribution in [3.63, 3.8) is 0 Å². The number of carbonyl (C=O) groups is 1. The molecule has 0 atom stereocenters. The monoisotopic (exact) mass is 427 g/mol. The zero-order valence-electron chi connectivity index (χ0n) is 15.0. The lowest BCUT2D eigenvalue weighted by Gasteiger charge is -2.18. The molecule has 138 valence electrons. The van der Waals surface area contributed by atoms with Crippen molar-refractivity contribution in [2.24, 2.45) is 4.99 Å². The molecule has 2 aromatic rings. The number of likely N-dealkylation sites (tertiary alicyclic amines) is 1. The summed E-state index contributed by atoms with van der Waals surface area (Å²) < 4.78 is 11.4. The van der Waals surface area contributed by atoms with Gasteiger partial charge in [0.25, 0.3) is 0 Å². The predicted octanol–water partition coefficient (Wildman–Crippen LogP) is 3.84. The first-order chi connectivity index (χ1) is 13.0. The van der Waals surface area contributed by atoms with E-state index in [2.05, 4.69) is 27.0 Å². The van der Waals surface area contributed by atoms with Crippen LogP contribution >= 0.6 is 15.9 Å². The Morgan fingerprint density at radius 3 is 2.78 bits per heavy atom. The maximum atomic E-state index is 12.5. The van der Waals surface area contributed by atoms with Gasteiger partial charge in [0.2, 0.25) is 5.91 Å². The van der Waals surface area contributed by atoms with Crippen LogP contribution in [-0.2, 0) is 11.3 Å². The van der Waals surface area contributed by atoms with Gasteiger partial charge in [-0.05, 0) is 46.3 Å². The fraction of sp³-hybridized carbons (Fsp3) is 0.250. The number of carbonyl (C=O) groups excluding carboxylic acids is 1. The maximum absolute atomic E-state index is 12.5. The maximum Gasteiger partial charge on any atom is 0.228 e. The van der Waals surface area contributed by atoms with Crippen molar-refractivity contribution in [1.82, 2.24) is 4.90 Å². The average Bonchev–Trinajstić information content (AvgIpc) is 3.02. The lowest BCUT2D eigenvalue weighted by atomic mass is 10.1. The Morgan fingerprint density at radius 2 is 2.07 bits per heavy atom. The van der Waals surface area contributed by atoms with Gasteiger partial charge in [0.05, 0.1) is 38.4 Å². The molecule has 0 aromatic heterocycles. The van der Waals surface area contributed by atoms with Gasteiger partial charge in [0.1, 0.15) is 17.6 Å². The van der Waals surface area contributed by atoms with Crippen LogP contribution in [0.1, 0.15) is 17.5 Å². The molecule has 6 nitrogen and oxygen atoms in total. The molecule has 0 saturated carbocycles. The van der Waals surface area contributed by atoms with Crippen LogP contribution in [0.2, 0.25) is 0 Å². The van der Waals surface area contributed by atoms with E-state index in [-0.39, 0.29) is 12.3 Å². The molecule has 1 amide bonds. The Balaban J connectivity index is 1.84. The number of nitrogens with zero attached hydrogens (tertiary/aromatic N) is 3. The van der Waals surface area contributed by atoms with Crippen molar-refractivity contribution in [2.45, 2.75) is 13.0 Å². The molecule has 2 aromatic carbocycles. The molecule has 1 saturated heterocycles. The Bertz CT molecular complexity index is 950. The van der Waals surface area contributed by atoms with Gasteiger partial charge in [-0.15, -0.1) is 0 Å². The van der Waals surface area contributed by atoms with Crippen LogP contribution < -0.4 is 9.47 Å². The van der Waals surface area contributed by atoms with Gasteiger partial charge in [-0.2, -0.15) is 5.26 Å². The van der Waals surface area contributed by atoms with Crippen molar-refractivity contribution >= 4 is 33.2 Å². The Labute approximate surface area is 166 Å². The van der Waals surface area contributed by atoms with Gasteiger partial charge in [-0.1, -0.05) is 6.07 Å². The Hall–Kier alpha value is -2.85. The lowest BCUT2D eigenvalue weighted by molar-refractivity contribution is -0.128. The first kappa shape index (κ1) is 18.9. The van der Waals surface area contributed by atoms with Crippen LogP contribution in [-0.4, -0.2) is 37.3 Å². The molecule has 1 aliphatic heterocycles. The summed E-state index contributed by atoms with van der Waals surface area (Å²) in [5.41, 5.74) is 2.62. The van der Waals surface area contributed by atoms with Gasteiger partial charge in [0.15, 0.2) is 0 Å². The number of rotatable bonds is 5. The summed E-state index contributed by atoms with van der Waals surface area (Å²) >= 11 is 3.43. The molecule has 3 rings (SSSR count). The standard InChI is InChI=1S/C20H18BrN3O3/c1-26-16-6-7-18(27-2)14(8-16)11-24-12-15(9-19(24)25)23-20-13(10-22)4-3-5-17(20)21/h3-8H,9,11-12H2,1-2H3. The zero-order chi connectivity index (χ0) is 19.4. The first-order valence-electron chi connectivity index (χ1n) is 8.29. The SMILES string of the molecule is COc1ccc(OC)c(CN2CC(=Nc3c(Br)cccc3C#N)CC2=O)c1. The van der Waals surface area contributed by atoms with Crippen molar-refractivity contribution in [3.05, 3.63) is 52.0 Å². The highest BCUT2D eigenvalue weighted by molar-refractivity contribution is 9.10. The predicted molar refractivity (Wildman–Crippen MR) is 106 cm³/mol. The fourth-order valence-corrected chi connectivity index (χ4v) is 3.41. The van der Waals surface area contributed by atoms with Gasteiger partial charge in [0, 0.05) is 22.3 Å². The minimum absolute atomic E-state index is 0.0100. The number of nitriles is 1. The number of hydrogen-bond donors (Lipinski definition) is 0. The molecule has 0 bridgehead atoms. The summed E-state index contributed by atoms with van der Waals surface area (Å²) in [6.45, 7) is 0.810. The van der Waals surface area contributed by atoms with E-state index in [0.717, 1.165) is 15.7 Å². The van der Waals surface area contributed by atoms with Gasteiger partial charge >= 0.3 is 0 Å². The van der Waals surface area contributed by atoms with Gasteiger partial charge in [-0.25, -0.2) is 0 Å². The van der Waals surface area contributed by atoms with Crippen molar-refractivity contribution in [3.8, 4) is 17.6 Å². The third kappa shape index (κ3) is 4.12. The topological polar surface area (TPSA) is 74.9 Å². The number of benzene rings is 2. The molecule has 1 heterocycles. The molecular weight excluding hydrogens is 410 g/mol. The van der Waals surface area contributed by atoms with E-state index in [4.69, 9.17) is 9.47 Å². The number of amides is 1. The summed E-state index contributed by atoms with van der Waals surface area (Å²) in [6.07, 6.45) is 0.235. The van der Waals surface area contributed by atoms with E-state index in [9.17, 15) is 10.1 Å². The second-order valence-electron chi connectivity index (χ2n) is 6.03. The summed E-state index contributed by atoms with van der Waals surface area (Å²) in [6, 6.07) is 13.0. The summed E-state index contributed by atoms with van der Waals surface area (Å²) in [5, 5.41) is 9.28. The number of halogens is 1. The van der Waals surface area contributed by atoms with E-state index in [1.54, 1.807) is 31.3 Å². The third-order valence-electron chi connectivity index (χ3n) is 4.31. The van der Waals surface area contributed by atoms with E-state index >= 15 is 0 Å². The third-order valence-corrected chi connectivity index (χ3v) is 4.95. The van der Waals surface area contributed by atoms with Crippen molar-refractivity contribution in [2.75, 3.05) is 20.8 Å². The quantitative estimate of drug-likeness (QED) is 0.725. The van der Waals surface area contributed by atoms with E-state index in [1.807, 2.05) is 24.3 Å². The van der Waals surface area contributed by atoms with E-state index in [1.165, 1.54) is 0 Å². The molecule has 0 aliphatic carbocycles. The van der Waals surface area contributed by atoms with Crippen molar-refractivity contribution in [1.29, 1.82) is 5.26 Å². The number of aliphatic imine (C=N–C) groups is 1. The highest BCUT2D eigenvalue weighted by Crippen LogP contribution is 2.31. The Morgan fingerprint density at radius 1 is 1.26 bits per heavy atom. The second kappa shape index (κ2) is 8.23. The van der Waals surface area contributed by atoms with Crippen LogP contribution in [0.15, 0.2) is 45.9 Å². The van der Waals surface area contributed by atoms with Crippen LogP contribution in [0.25, 0.3) is 0 Å². The summed E-state index contributed by atoms with van der Waals surface area (Å²) in [4.78, 5) is 18.8. The molecule has 0 N–H and O–H groups in total. The van der Waals surface area contributed by atoms with Crippen LogP contribution in [0, 0.1) is 11.3 Å². The van der Waals surface area contributed by atoms with Crippen LogP contribution in [0.3, 0.4) is 0 Å². The van der Waals surface area contributed by atoms with E-state index < -0.39 is 0 Å². The molecule has 0 radical (unpaired) electrons.